The number of rotatable bonds is 0. The highest BCUT2D eigenvalue weighted by molar-refractivity contribution is 7.18. The van der Waals surface area contributed by atoms with Crippen molar-refractivity contribution in [3.05, 3.63) is 10.4 Å². The van der Waals surface area contributed by atoms with Crippen LogP contribution in [-0.2, 0) is 17.8 Å². The van der Waals surface area contributed by atoms with Crippen molar-refractivity contribution in [3.63, 3.8) is 0 Å². The summed E-state index contributed by atoms with van der Waals surface area (Å²) in [5, 5.41) is 23.8. The van der Waals surface area contributed by atoms with Gasteiger partial charge in [0.15, 0.2) is 0 Å². The second kappa shape index (κ2) is 3.52. The summed E-state index contributed by atoms with van der Waals surface area (Å²) in [4.78, 5) is 2.13. The van der Waals surface area contributed by atoms with Gasteiger partial charge in [0.1, 0.15) is 10.3 Å². The topological polar surface area (TPSA) is 95.4 Å². The van der Waals surface area contributed by atoms with E-state index >= 15 is 0 Å². The fourth-order valence-corrected chi connectivity index (χ4v) is 3.99. The van der Waals surface area contributed by atoms with Crippen LogP contribution >= 0.6 is 11.3 Å². The third-order valence-corrected chi connectivity index (χ3v) is 4.95. The molecule has 0 spiro atoms. The molecule has 10 heteroatoms. The Balaban J connectivity index is 2.02. The van der Waals surface area contributed by atoms with Gasteiger partial charge >= 0.3 is 0 Å². The molecule has 0 radical (unpaired) electrons. The van der Waals surface area contributed by atoms with Crippen molar-refractivity contribution in [1.82, 2.24) is 40.1 Å². The molecule has 0 aromatic carbocycles. The molecular formula is C11H10N8OS. The minimum absolute atomic E-state index is 0.198. The number of thiophene rings is 1. The zero-order valence-electron chi connectivity index (χ0n) is 11.3. The molecule has 0 amide bonds. The van der Waals surface area contributed by atoms with E-state index in [-0.39, 0.29) is 5.60 Å². The van der Waals surface area contributed by atoms with Gasteiger partial charge in [0.05, 0.1) is 12.2 Å². The van der Waals surface area contributed by atoms with Crippen LogP contribution in [0.2, 0.25) is 0 Å². The highest BCUT2D eigenvalue weighted by Gasteiger charge is 2.32. The Morgan fingerprint density at radius 3 is 2.62 bits per heavy atom. The molecule has 1 aliphatic heterocycles. The van der Waals surface area contributed by atoms with Crippen LogP contribution < -0.4 is 0 Å². The van der Waals surface area contributed by atoms with Crippen LogP contribution in [0.1, 0.15) is 24.3 Å². The maximum atomic E-state index is 5.90. The first-order chi connectivity index (χ1) is 10.1. The monoisotopic (exact) mass is 302 g/mol. The highest BCUT2D eigenvalue weighted by Crippen LogP contribution is 2.38. The molecule has 0 aliphatic carbocycles. The summed E-state index contributed by atoms with van der Waals surface area (Å²) in [6.45, 7) is 4.77. The predicted octanol–water partition coefficient (Wildman–Crippen LogP) is 0.628. The minimum atomic E-state index is -0.198. The van der Waals surface area contributed by atoms with E-state index in [2.05, 4.69) is 44.9 Å². The predicted molar refractivity (Wildman–Crippen MR) is 73.1 cm³/mol. The Bertz CT molecular complexity index is 1010. The molecule has 4 aromatic heterocycles. The number of nitrogens with zero attached hydrogens (tertiary/aromatic N) is 8. The van der Waals surface area contributed by atoms with E-state index in [0.29, 0.717) is 17.9 Å². The molecule has 5 rings (SSSR count). The summed E-state index contributed by atoms with van der Waals surface area (Å²) >= 11 is 1.63. The summed E-state index contributed by atoms with van der Waals surface area (Å²) in [5.41, 5.74) is 3.13. The van der Waals surface area contributed by atoms with E-state index in [1.54, 1.807) is 20.4 Å². The van der Waals surface area contributed by atoms with Gasteiger partial charge in [-0.3, -0.25) is 0 Å². The number of aromatic nitrogens is 8. The van der Waals surface area contributed by atoms with E-state index in [1.165, 1.54) is 10.4 Å². The molecule has 4 aromatic rings. The van der Waals surface area contributed by atoms with Gasteiger partial charge in [0.2, 0.25) is 11.3 Å². The zero-order chi connectivity index (χ0) is 14.2. The molecule has 1 aliphatic rings. The molecule has 21 heavy (non-hydrogen) atoms. The molecule has 0 bridgehead atoms. The molecule has 106 valence electrons. The number of fused-ring (bicyclic) bond motifs is 8. The lowest BCUT2D eigenvalue weighted by Crippen LogP contribution is -2.31. The van der Waals surface area contributed by atoms with Gasteiger partial charge in [0.25, 0.3) is 0 Å². The number of tetrazole rings is 2. The van der Waals surface area contributed by atoms with Crippen molar-refractivity contribution < 1.29 is 4.74 Å². The largest absolute Gasteiger partial charge is 0.370 e. The van der Waals surface area contributed by atoms with Crippen LogP contribution in [0.25, 0.3) is 21.6 Å². The van der Waals surface area contributed by atoms with E-state index < -0.39 is 0 Å². The summed E-state index contributed by atoms with van der Waals surface area (Å²) in [6.07, 6.45) is 0.810. The van der Waals surface area contributed by atoms with Gasteiger partial charge in [0, 0.05) is 11.3 Å². The fraction of sp³-hybridized carbons (Fsp3) is 0.455. The maximum Gasteiger partial charge on any atom is 0.227 e. The van der Waals surface area contributed by atoms with Crippen LogP contribution in [0.5, 0.6) is 0 Å². The van der Waals surface area contributed by atoms with E-state index in [0.717, 1.165) is 16.8 Å². The zero-order valence-corrected chi connectivity index (χ0v) is 12.1. The molecule has 9 nitrogen and oxygen atoms in total. The van der Waals surface area contributed by atoms with E-state index in [4.69, 9.17) is 4.74 Å². The van der Waals surface area contributed by atoms with Crippen LogP contribution in [0, 0.1) is 0 Å². The normalized spacial score (nSPS) is 17.8. The molecule has 0 N–H and O–H groups in total. The first-order valence-corrected chi connectivity index (χ1v) is 7.32. The lowest BCUT2D eigenvalue weighted by molar-refractivity contribution is -0.0379. The molecule has 0 saturated carbocycles. The van der Waals surface area contributed by atoms with E-state index in [9.17, 15) is 0 Å². The Labute approximate surface area is 121 Å². The average Bonchev–Trinajstić information content (AvgIpc) is 3.13. The van der Waals surface area contributed by atoms with Gasteiger partial charge in [-0.2, -0.15) is 9.03 Å². The molecular weight excluding hydrogens is 292 g/mol. The smallest absolute Gasteiger partial charge is 0.227 e. The van der Waals surface area contributed by atoms with Crippen LogP contribution in [0.15, 0.2) is 0 Å². The molecule has 0 saturated heterocycles. The van der Waals surface area contributed by atoms with Crippen LogP contribution in [0.3, 0.4) is 0 Å². The van der Waals surface area contributed by atoms with Gasteiger partial charge in [-0.1, -0.05) is 0 Å². The minimum Gasteiger partial charge on any atom is -0.370 e. The lowest BCUT2D eigenvalue weighted by atomic mass is 9.96. The van der Waals surface area contributed by atoms with E-state index in [1.807, 2.05) is 0 Å². The van der Waals surface area contributed by atoms with Gasteiger partial charge in [-0.15, -0.1) is 21.5 Å². The third-order valence-electron chi connectivity index (χ3n) is 3.78. The van der Waals surface area contributed by atoms with Gasteiger partial charge in [-0.05, 0) is 40.3 Å². The van der Waals surface area contributed by atoms with Gasteiger partial charge in [-0.25, -0.2) is 0 Å². The summed E-state index contributed by atoms with van der Waals surface area (Å²) in [5.74, 6) is 0. The van der Waals surface area contributed by atoms with Crippen molar-refractivity contribution in [1.29, 1.82) is 0 Å². The molecule has 0 atom stereocenters. The van der Waals surface area contributed by atoms with Crippen LogP contribution in [0.4, 0.5) is 0 Å². The Kier molecular flexibility index (Phi) is 1.92. The first kappa shape index (κ1) is 11.5. The van der Waals surface area contributed by atoms with Crippen molar-refractivity contribution in [2.24, 2.45) is 0 Å². The summed E-state index contributed by atoms with van der Waals surface area (Å²) in [6, 6.07) is 0. The highest BCUT2D eigenvalue weighted by atomic mass is 32.1. The maximum absolute atomic E-state index is 5.90. The Hall–Kier alpha value is -2.20. The lowest BCUT2D eigenvalue weighted by Gasteiger charge is -2.29. The Morgan fingerprint density at radius 2 is 1.81 bits per heavy atom. The summed E-state index contributed by atoms with van der Waals surface area (Å²) in [7, 11) is 0. The average molecular weight is 302 g/mol. The third kappa shape index (κ3) is 1.38. The number of ether oxygens (including phenoxy) is 1. The molecule has 5 heterocycles. The molecule has 0 unspecified atom stereocenters. The fourth-order valence-electron chi connectivity index (χ4n) is 2.83. The SMILES string of the molecule is CC1(C)Cc2c(sc3c2n2nnnc2c2nnnn23)CO1. The van der Waals surface area contributed by atoms with Crippen LogP contribution in [-0.4, -0.2) is 45.7 Å². The summed E-state index contributed by atoms with van der Waals surface area (Å²) < 4.78 is 9.34. The number of hydrogen-bond donors (Lipinski definition) is 0. The first-order valence-electron chi connectivity index (χ1n) is 6.50. The second-order valence-electron chi connectivity index (χ2n) is 5.71. The quantitative estimate of drug-likeness (QED) is 0.470. The second-order valence-corrected chi connectivity index (χ2v) is 6.79. The van der Waals surface area contributed by atoms with Crippen molar-refractivity contribution in [2.45, 2.75) is 32.5 Å². The molecule has 0 fully saturated rings. The standard InChI is InChI=1S/C11H10N8OS/c1-11(2)3-5-6(4-20-11)21-10-7(5)18-8(12-14-16-18)9-13-15-17-19(9)10/h3-4H2,1-2H3. The number of hydrogen-bond acceptors (Lipinski definition) is 8. The van der Waals surface area contributed by atoms with Crippen molar-refractivity contribution in [2.75, 3.05) is 0 Å². The van der Waals surface area contributed by atoms with Crippen molar-refractivity contribution in [3.8, 4) is 0 Å². The van der Waals surface area contributed by atoms with Crippen molar-refractivity contribution >= 4 is 33.0 Å². The van der Waals surface area contributed by atoms with Gasteiger partial charge < -0.3 is 4.74 Å². The Morgan fingerprint density at radius 1 is 1.10 bits per heavy atom.